The smallest absolute Gasteiger partial charge is 0.323 e. The Morgan fingerprint density at radius 1 is 1.21 bits per heavy atom. The lowest BCUT2D eigenvalue weighted by Crippen LogP contribution is -2.50. The summed E-state index contributed by atoms with van der Waals surface area (Å²) in [6.45, 7) is 13.3. The first-order valence-corrected chi connectivity index (χ1v) is 7.45. The second-order valence-electron chi connectivity index (χ2n) is 5.55. The summed E-state index contributed by atoms with van der Waals surface area (Å²) in [6, 6.07) is 0. The number of piperazine rings is 1. The summed E-state index contributed by atoms with van der Waals surface area (Å²) in [5.74, 6) is -0.745. The van der Waals surface area contributed by atoms with E-state index < -0.39 is 11.5 Å². The molecule has 0 aromatic carbocycles. The van der Waals surface area contributed by atoms with E-state index >= 15 is 0 Å². The highest BCUT2D eigenvalue weighted by molar-refractivity contribution is 5.78. The Labute approximate surface area is 117 Å². The number of hydrogen-bond acceptors (Lipinski definition) is 4. The normalized spacial score (nSPS) is 21.2. The molecule has 1 atom stereocenters. The van der Waals surface area contributed by atoms with E-state index in [2.05, 4.69) is 22.0 Å². The van der Waals surface area contributed by atoms with Crippen LogP contribution in [0.3, 0.4) is 0 Å². The van der Waals surface area contributed by atoms with Crippen LogP contribution in [0.2, 0.25) is 0 Å². The molecule has 0 aromatic heterocycles. The van der Waals surface area contributed by atoms with Crippen molar-refractivity contribution in [1.82, 2.24) is 15.1 Å². The fourth-order valence-electron chi connectivity index (χ4n) is 2.65. The third-order valence-electron chi connectivity index (χ3n) is 4.10. The Kier molecular flexibility index (Phi) is 6.75. The van der Waals surface area contributed by atoms with E-state index in [1.165, 1.54) is 0 Å². The first-order chi connectivity index (χ1) is 9.01. The van der Waals surface area contributed by atoms with Gasteiger partial charge in [0, 0.05) is 26.2 Å². The van der Waals surface area contributed by atoms with Crippen molar-refractivity contribution in [2.75, 3.05) is 45.8 Å². The van der Waals surface area contributed by atoms with Crippen LogP contribution in [0.15, 0.2) is 0 Å². The minimum absolute atomic E-state index is 0.685. The van der Waals surface area contributed by atoms with Gasteiger partial charge in [-0.15, -0.1) is 0 Å². The van der Waals surface area contributed by atoms with Gasteiger partial charge in [-0.1, -0.05) is 13.8 Å². The molecule has 0 aliphatic carbocycles. The summed E-state index contributed by atoms with van der Waals surface area (Å²) in [7, 11) is 0. The predicted octanol–water partition coefficient (Wildman–Crippen LogP) is 0.857. The second kappa shape index (κ2) is 7.82. The van der Waals surface area contributed by atoms with Crippen molar-refractivity contribution < 1.29 is 9.90 Å². The molecule has 0 spiro atoms. The number of likely N-dealkylation sites (N-methyl/N-ethyl adjacent to an activating group) is 2. The third kappa shape index (κ3) is 5.09. The zero-order chi connectivity index (χ0) is 14.3. The van der Waals surface area contributed by atoms with Gasteiger partial charge in [0.05, 0.1) is 0 Å². The molecular weight excluding hydrogens is 242 g/mol. The standard InChI is InChI=1S/C14H29N3O2/c1-4-15-14(3,13(18)19)7-6-8-17-11-9-16(5-2)10-12-17/h15H,4-12H2,1-3H3,(H,18,19). The highest BCUT2D eigenvalue weighted by Crippen LogP contribution is 2.14. The molecule has 1 fully saturated rings. The molecule has 1 aliphatic rings. The molecule has 1 unspecified atom stereocenters. The maximum absolute atomic E-state index is 11.3. The molecule has 0 aromatic rings. The molecule has 19 heavy (non-hydrogen) atoms. The van der Waals surface area contributed by atoms with E-state index in [0.29, 0.717) is 13.0 Å². The van der Waals surface area contributed by atoms with Crippen molar-refractivity contribution >= 4 is 5.97 Å². The minimum Gasteiger partial charge on any atom is -0.480 e. The van der Waals surface area contributed by atoms with Gasteiger partial charge in [0.2, 0.25) is 0 Å². The molecule has 5 heteroatoms. The Morgan fingerprint density at radius 3 is 2.26 bits per heavy atom. The lowest BCUT2D eigenvalue weighted by atomic mass is 9.95. The number of carboxylic acids is 1. The number of carboxylic acid groups (broad SMARTS) is 1. The lowest BCUT2D eigenvalue weighted by Gasteiger charge is -2.34. The Hall–Kier alpha value is -0.650. The molecule has 0 bridgehead atoms. The van der Waals surface area contributed by atoms with E-state index in [-0.39, 0.29) is 0 Å². The summed E-state index contributed by atoms with van der Waals surface area (Å²) in [4.78, 5) is 16.2. The highest BCUT2D eigenvalue weighted by Gasteiger charge is 2.31. The van der Waals surface area contributed by atoms with Gasteiger partial charge in [-0.3, -0.25) is 4.79 Å². The van der Waals surface area contributed by atoms with E-state index in [4.69, 9.17) is 0 Å². The number of carbonyl (C=O) groups is 1. The van der Waals surface area contributed by atoms with E-state index in [1.807, 2.05) is 6.92 Å². The summed E-state index contributed by atoms with van der Waals surface area (Å²) in [5, 5.41) is 12.4. The van der Waals surface area contributed by atoms with Crippen molar-refractivity contribution in [3.8, 4) is 0 Å². The first-order valence-electron chi connectivity index (χ1n) is 7.45. The van der Waals surface area contributed by atoms with Crippen LogP contribution in [0.4, 0.5) is 0 Å². The zero-order valence-corrected chi connectivity index (χ0v) is 12.6. The van der Waals surface area contributed by atoms with Gasteiger partial charge >= 0.3 is 5.97 Å². The van der Waals surface area contributed by atoms with Crippen LogP contribution < -0.4 is 5.32 Å². The molecular formula is C14H29N3O2. The van der Waals surface area contributed by atoms with Crippen molar-refractivity contribution in [3.05, 3.63) is 0 Å². The summed E-state index contributed by atoms with van der Waals surface area (Å²) in [6.07, 6.45) is 1.62. The van der Waals surface area contributed by atoms with Crippen LogP contribution in [-0.4, -0.2) is 72.2 Å². The number of nitrogens with zero attached hydrogens (tertiary/aromatic N) is 2. The Balaban J connectivity index is 2.27. The van der Waals surface area contributed by atoms with Crippen molar-refractivity contribution in [2.24, 2.45) is 0 Å². The quantitative estimate of drug-likeness (QED) is 0.686. The Morgan fingerprint density at radius 2 is 1.79 bits per heavy atom. The van der Waals surface area contributed by atoms with Crippen LogP contribution in [0.1, 0.15) is 33.6 Å². The summed E-state index contributed by atoms with van der Waals surface area (Å²) in [5.41, 5.74) is -0.778. The van der Waals surface area contributed by atoms with Gasteiger partial charge in [0.25, 0.3) is 0 Å². The number of aliphatic carboxylic acids is 1. The predicted molar refractivity (Wildman–Crippen MR) is 77.5 cm³/mol. The third-order valence-corrected chi connectivity index (χ3v) is 4.10. The van der Waals surface area contributed by atoms with E-state index in [0.717, 1.165) is 45.7 Å². The second-order valence-corrected chi connectivity index (χ2v) is 5.55. The topological polar surface area (TPSA) is 55.8 Å². The molecule has 2 N–H and O–H groups in total. The monoisotopic (exact) mass is 271 g/mol. The molecule has 1 rings (SSSR count). The largest absolute Gasteiger partial charge is 0.480 e. The maximum atomic E-state index is 11.3. The molecule has 1 saturated heterocycles. The van der Waals surface area contributed by atoms with Crippen molar-refractivity contribution in [3.63, 3.8) is 0 Å². The SMILES string of the molecule is CCNC(C)(CCCN1CCN(CC)CC1)C(=O)O. The molecule has 0 amide bonds. The van der Waals surface area contributed by atoms with Crippen LogP contribution in [0, 0.1) is 0 Å². The fourth-order valence-corrected chi connectivity index (χ4v) is 2.65. The highest BCUT2D eigenvalue weighted by atomic mass is 16.4. The van der Waals surface area contributed by atoms with Crippen molar-refractivity contribution in [1.29, 1.82) is 0 Å². The van der Waals surface area contributed by atoms with Crippen LogP contribution in [-0.2, 0) is 4.79 Å². The van der Waals surface area contributed by atoms with Gasteiger partial charge in [-0.05, 0) is 39.4 Å². The van der Waals surface area contributed by atoms with Gasteiger partial charge in [-0.25, -0.2) is 0 Å². The molecule has 1 aliphatic heterocycles. The number of hydrogen-bond donors (Lipinski definition) is 2. The summed E-state index contributed by atoms with van der Waals surface area (Å²) < 4.78 is 0. The molecule has 1 heterocycles. The Bertz CT molecular complexity index is 278. The molecule has 5 nitrogen and oxygen atoms in total. The molecule has 0 saturated carbocycles. The van der Waals surface area contributed by atoms with Gasteiger partial charge in [-0.2, -0.15) is 0 Å². The summed E-state index contributed by atoms with van der Waals surface area (Å²) >= 11 is 0. The van der Waals surface area contributed by atoms with Crippen molar-refractivity contribution in [2.45, 2.75) is 39.2 Å². The first kappa shape index (κ1) is 16.4. The average Bonchev–Trinajstić information content (AvgIpc) is 2.39. The van der Waals surface area contributed by atoms with E-state index in [9.17, 15) is 9.90 Å². The van der Waals surface area contributed by atoms with E-state index in [1.54, 1.807) is 6.92 Å². The van der Waals surface area contributed by atoms with Gasteiger partial charge < -0.3 is 20.2 Å². The lowest BCUT2D eigenvalue weighted by molar-refractivity contribution is -0.144. The number of nitrogens with one attached hydrogen (secondary N) is 1. The number of rotatable bonds is 8. The zero-order valence-electron chi connectivity index (χ0n) is 12.6. The maximum Gasteiger partial charge on any atom is 0.323 e. The fraction of sp³-hybridized carbons (Fsp3) is 0.929. The average molecular weight is 271 g/mol. The molecule has 112 valence electrons. The van der Waals surface area contributed by atoms with Gasteiger partial charge in [0.15, 0.2) is 0 Å². The van der Waals surface area contributed by atoms with Crippen LogP contribution >= 0.6 is 0 Å². The minimum atomic E-state index is -0.778. The molecule has 0 radical (unpaired) electrons. The van der Waals surface area contributed by atoms with Crippen LogP contribution in [0.25, 0.3) is 0 Å². The van der Waals surface area contributed by atoms with Gasteiger partial charge in [0.1, 0.15) is 5.54 Å². The van der Waals surface area contributed by atoms with Crippen LogP contribution in [0.5, 0.6) is 0 Å².